The number of nitrogens with zero attached hydrogens (tertiary/aromatic N) is 2. The van der Waals surface area contributed by atoms with E-state index in [0.29, 0.717) is 6.54 Å². The summed E-state index contributed by atoms with van der Waals surface area (Å²) in [4.78, 5) is 34.3. The summed E-state index contributed by atoms with van der Waals surface area (Å²) in [5, 5.41) is 5.04. The highest BCUT2D eigenvalue weighted by atomic mass is 16.2. The first-order chi connectivity index (χ1) is 7.97. The molecule has 0 spiro atoms. The second-order valence-electron chi connectivity index (χ2n) is 3.65. The lowest BCUT2D eigenvalue weighted by molar-refractivity contribution is 0.252. The van der Waals surface area contributed by atoms with Gasteiger partial charge < -0.3 is 5.32 Å². The Hall–Kier alpha value is -2.05. The minimum atomic E-state index is -0.483. The van der Waals surface area contributed by atoms with Gasteiger partial charge in [0, 0.05) is 26.7 Å². The molecule has 0 unspecified atom stereocenters. The summed E-state index contributed by atoms with van der Waals surface area (Å²) in [5.41, 5.74) is -0.942. The molecule has 1 heterocycles. The van der Waals surface area contributed by atoms with Gasteiger partial charge in [0.25, 0.3) is 5.56 Å². The third-order valence-electron chi connectivity index (χ3n) is 2.30. The number of carbonyl (C=O) groups is 1. The van der Waals surface area contributed by atoms with Gasteiger partial charge in [0.05, 0.1) is 0 Å². The monoisotopic (exact) mass is 240 g/mol. The van der Waals surface area contributed by atoms with Gasteiger partial charge in [-0.1, -0.05) is 6.92 Å². The predicted molar refractivity (Wildman–Crippen MR) is 64.2 cm³/mol. The Labute approximate surface area is 98.1 Å². The van der Waals surface area contributed by atoms with Gasteiger partial charge in [-0.05, 0) is 6.42 Å². The SMILES string of the molecule is CCCNC(=O)Nc1cc(=O)n(C)c(=O)n1C. The van der Waals surface area contributed by atoms with Gasteiger partial charge in [0.15, 0.2) is 0 Å². The van der Waals surface area contributed by atoms with E-state index in [1.54, 1.807) is 0 Å². The van der Waals surface area contributed by atoms with Crippen molar-refractivity contribution in [3.05, 3.63) is 26.9 Å². The van der Waals surface area contributed by atoms with Crippen LogP contribution < -0.4 is 21.9 Å². The van der Waals surface area contributed by atoms with Crippen molar-refractivity contribution in [2.75, 3.05) is 11.9 Å². The summed E-state index contributed by atoms with van der Waals surface area (Å²) in [5.74, 6) is 0.173. The zero-order chi connectivity index (χ0) is 13.0. The highest BCUT2D eigenvalue weighted by molar-refractivity contribution is 5.88. The van der Waals surface area contributed by atoms with E-state index >= 15 is 0 Å². The molecule has 2 amide bonds. The number of anilines is 1. The maximum Gasteiger partial charge on any atom is 0.332 e. The standard InChI is InChI=1S/C10H16N4O3/c1-4-5-11-9(16)12-7-6-8(15)14(3)10(17)13(7)2/h6H,4-5H2,1-3H3,(H2,11,12,16). The Kier molecular flexibility index (Phi) is 4.08. The molecule has 7 nitrogen and oxygen atoms in total. The Balaban J connectivity index is 2.97. The summed E-state index contributed by atoms with van der Waals surface area (Å²) in [6.07, 6.45) is 0.808. The second kappa shape index (κ2) is 5.33. The summed E-state index contributed by atoms with van der Waals surface area (Å²) in [6.45, 7) is 2.46. The van der Waals surface area contributed by atoms with Gasteiger partial charge in [-0.3, -0.25) is 19.2 Å². The van der Waals surface area contributed by atoms with E-state index in [1.807, 2.05) is 6.92 Å². The van der Waals surface area contributed by atoms with Crippen LogP contribution in [0.3, 0.4) is 0 Å². The first-order valence-corrected chi connectivity index (χ1v) is 5.29. The molecule has 0 bridgehead atoms. The van der Waals surface area contributed by atoms with E-state index in [0.717, 1.165) is 11.0 Å². The van der Waals surface area contributed by atoms with Crippen molar-refractivity contribution in [2.24, 2.45) is 14.1 Å². The normalized spacial score (nSPS) is 10.1. The first kappa shape index (κ1) is 13.0. The Bertz CT molecular complexity index is 529. The Morgan fingerprint density at radius 3 is 2.53 bits per heavy atom. The van der Waals surface area contributed by atoms with Crippen LogP contribution in [0.15, 0.2) is 15.7 Å². The van der Waals surface area contributed by atoms with Crippen LogP contribution in [-0.4, -0.2) is 21.7 Å². The van der Waals surface area contributed by atoms with Crippen LogP contribution in [0.1, 0.15) is 13.3 Å². The van der Waals surface area contributed by atoms with E-state index in [9.17, 15) is 14.4 Å². The van der Waals surface area contributed by atoms with Crippen molar-refractivity contribution < 1.29 is 4.79 Å². The molecule has 1 aromatic rings. The number of hydrogen-bond acceptors (Lipinski definition) is 3. The molecule has 0 radical (unpaired) electrons. The van der Waals surface area contributed by atoms with Gasteiger partial charge in [-0.15, -0.1) is 0 Å². The highest BCUT2D eigenvalue weighted by Gasteiger charge is 2.08. The fourth-order valence-corrected chi connectivity index (χ4v) is 1.25. The zero-order valence-electron chi connectivity index (χ0n) is 10.1. The molecule has 1 aromatic heterocycles. The molecule has 17 heavy (non-hydrogen) atoms. The Morgan fingerprint density at radius 2 is 1.94 bits per heavy atom. The quantitative estimate of drug-likeness (QED) is 0.755. The third-order valence-corrected chi connectivity index (χ3v) is 2.30. The molecule has 2 N–H and O–H groups in total. The molecule has 0 aliphatic carbocycles. The summed E-state index contributed by atoms with van der Waals surface area (Å²) < 4.78 is 2.17. The number of carbonyl (C=O) groups excluding carboxylic acids is 1. The van der Waals surface area contributed by atoms with Crippen LogP contribution in [0, 0.1) is 0 Å². The minimum Gasteiger partial charge on any atom is -0.338 e. The summed E-state index contributed by atoms with van der Waals surface area (Å²) in [7, 11) is 2.86. The number of nitrogens with one attached hydrogen (secondary N) is 2. The predicted octanol–water partition coefficient (Wildman–Crippen LogP) is -0.384. The topological polar surface area (TPSA) is 85.1 Å². The van der Waals surface area contributed by atoms with E-state index in [-0.39, 0.29) is 5.82 Å². The van der Waals surface area contributed by atoms with Crippen LogP contribution in [0.2, 0.25) is 0 Å². The van der Waals surface area contributed by atoms with E-state index in [2.05, 4.69) is 10.6 Å². The number of rotatable bonds is 3. The van der Waals surface area contributed by atoms with Crippen molar-refractivity contribution in [1.29, 1.82) is 0 Å². The van der Waals surface area contributed by atoms with Crippen molar-refractivity contribution in [3.8, 4) is 0 Å². The molecular formula is C10H16N4O3. The summed E-state index contributed by atoms with van der Waals surface area (Å²) >= 11 is 0. The number of aromatic nitrogens is 2. The molecule has 0 saturated carbocycles. The molecule has 0 aliphatic rings. The van der Waals surface area contributed by atoms with Gasteiger partial charge in [-0.2, -0.15) is 0 Å². The molecule has 94 valence electrons. The van der Waals surface area contributed by atoms with Gasteiger partial charge >= 0.3 is 11.7 Å². The fraction of sp³-hybridized carbons (Fsp3) is 0.500. The first-order valence-electron chi connectivity index (χ1n) is 5.29. The maximum atomic E-state index is 11.6. The smallest absolute Gasteiger partial charge is 0.332 e. The number of urea groups is 1. The molecule has 0 aromatic carbocycles. The fourth-order valence-electron chi connectivity index (χ4n) is 1.25. The van der Waals surface area contributed by atoms with E-state index in [1.165, 1.54) is 24.7 Å². The molecule has 0 saturated heterocycles. The number of hydrogen-bond donors (Lipinski definition) is 2. The van der Waals surface area contributed by atoms with Crippen LogP contribution in [0.25, 0.3) is 0 Å². The molecular weight excluding hydrogens is 224 g/mol. The van der Waals surface area contributed by atoms with Crippen molar-refractivity contribution in [3.63, 3.8) is 0 Å². The van der Waals surface area contributed by atoms with Crippen molar-refractivity contribution >= 4 is 11.8 Å². The van der Waals surface area contributed by atoms with Gasteiger partial charge in [-0.25, -0.2) is 9.59 Å². The van der Waals surface area contributed by atoms with E-state index in [4.69, 9.17) is 0 Å². The minimum absolute atomic E-state index is 0.173. The van der Waals surface area contributed by atoms with Crippen molar-refractivity contribution in [2.45, 2.75) is 13.3 Å². The highest BCUT2D eigenvalue weighted by Crippen LogP contribution is 1.97. The molecule has 1 rings (SSSR count). The third kappa shape index (κ3) is 2.96. The molecule has 7 heteroatoms. The largest absolute Gasteiger partial charge is 0.338 e. The summed E-state index contributed by atoms with van der Waals surface area (Å²) in [6, 6.07) is 0.766. The van der Waals surface area contributed by atoms with Crippen molar-refractivity contribution in [1.82, 2.24) is 14.5 Å². The Morgan fingerprint density at radius 1 is 1.29 bits per heavy atom. The number of amides is 2. The average Bonchev–Trinajstić information content (AvgIpc) is 2.30. The van der Waals surface area contributed by atoms with E-state index < -0.39 is 17.3 Å². The van der Waals surface area contributed by atoms with Crippen LogP contribution in [0.4, 0.5) is 10.6 Å². The molecule has 0 atom stereocenters. The lowest BCUT2D eigenvalue weighted by atomic mass is 10.5. The lowest BCUT2D eigenvalue weighted by Gasteiger charge is -2.11. The van der Waals surface area contributed by atoms with Gasteiger partial charge in [0.1, 0.15) is 5.82 Å². The van der Waals surface area contributed by atoms with Crippen LogP contribution >= 0.6 is 0 Å². The maximum absolute atomic E-state index is 11.6. The lowest BCUT2D eigenvalue weighted by Crippen LogP contribution is -2.39. The average molecular weight is 240 g/mol. The molecule has 0 fully saturated rings. The van der Waals surface area contributed by atoms with Crippen LogP contribution in [0.5, 0.6) is 0 Å². The second-order valence-corrected chi connectivity index (χ2v) is 3.65. The zero-order valence-corrected chi connectivity index (χ0v) is 10.1. The van der Waals surface area contributed by atoms with Gasteiger partial charge in [0.2, 0.25) is 0 Å². The van der Waals surface area contributed by atoms with Crippen LogP contribution in [-0.2, 0) is 14.1 Å². The molecule has 0 aliphatic heterocycles.